The van der Waals surface area contributed by atoms with Crippen molar-refractivity contribution in [3.05, 3.63) is 65.7 Å². The summed E-state index contributed by atoms with van der Waals surface area (Å²) in [5.41, 5.74) is 1.66. The van der Waals surface area contributed by atoms with E-state index in [1.807, 2.05) is 48.5 Å². The Kier molecular flexibility index (Phi) is 5.95. The third kappa shape index (κ3) is 4.35. The van der Waals surface area contributed by atoms with E-state index >= 15 is 0 Å². The number of rotatable bonds is 8. The standard InChI is InChI=1S/C19H20O5/c1-24-16-10-6-5-9-15(16)19(13-7-3-2-4-8-13)14(11-17(20)21)12-18(22)23/h2-10,14,19H,11-12H2,1H3,(H,20,21)(H,22,23). The fraction of sp³-hybridized carbons (Fsp3) is 0.263. The molecule has 0 aliphatic heterocycles. The Labute approximate surface area is 140 Å². The third-order valence-corrected chi connectivity index (χ3v) is 3.98. The van der Waals surface area contributed by atoms with Crippen LogP contribution in [0.4, 0.5) is 0 Å². The topological polar surface area (TPSA) is 83.8 Å². The lowest BCUT2D eigenvalue weighted by Gasteiger charge is -2.27. The van der Waals surface area contributed by atoms with Crippen LogP contribution in [0.5, 0.6) is 5.75 Å². The van der Waals surface area contributed by atoms with Crippen LogP contribution in [0.3, 0.4) is 0 Å². The molecule has 0 aliphatic rings. The quantitative estimate of drug-likeness (QED) is 0.776. The minimum absolute atomic E-state index is 0.232. The van der Waals surface area contributed by atoms with Crippen molar-refractivity contribution in [1.82, 2.24) is 0 Å². The zero-order valence-corrected chi connectivity index (χ0v) is 13.4. The highest BCUT2D eigenvalue weighted by molar-refractivity contribution is 5.71. The number of benzene rings is 2. The molecule has 0 fully saturated rings. The molecule has 5 nitrogen and oxygen atoms in total. The van der Waals surface area contributed by atoms with Crippen LogP contribution in [-0.2, 0) is 9.59 Å². The van der Waals surface area contributed by atoms with Gasteiger partial charge >= 0.3 is 11.9 Å². The van der Waals surface area contributed by atoms with Crippen molar-refractivity contribution in [2.45, 2.75) is 18.8 Å². The van der Waals surface area contributed by atoms with Gasteiger partial charge in [-0.05, 0) is 17.5 Å². The van der Waals surface area contributed by atoms with Gasteiger partial charge in [0.15, 0.2) is 0 Å². The number of ether oxygens (including phenoxy) is 1. The fourth-order valence-corrected chi connectivity index (χ4v) is 3.05. The van der Waals surface area contributed by atoms with Crippen LogP contribution in [0.2, 0.25) is 0 Å². The lowest BCUT2D eigenvalue weighted by molar-refractivity contribution is -0.140. The SMILES string of the molecule is COc1ccccc1C(c1ccccc1)C(CC(=O)O)CC(=O)O. The second-order valence-corrected chi connectivity index (χ2v) is 5.59. The number of carboxylic acid groups (broad SMARTS) is 2. The molecule has 24 heavy (non-hydrogen) atoms. The molecule has 0 bridgehead atoms. The minimum Gasteiger partial charge on any atom is -0.496 e. The highest BCUT2D eigenvalue weighted by Crippen LogP contribution is 2.40. The summed E-state index contributed by atoms with van der Waals surface area (Å²) in [5.74, 6) is -2.38. The van der Waals surface area contributed by atoms with Gasteiger partial charge in [0.2, 0.25) is 0 Å². The molecule has 0 radical (unpaired) electrons. The van der Waals surface area contributed by atoms with E-state index in [2.05, 4.69) is 0 Å². The maximum atomic E-state index is 11.3. The summed E-state index contributed by atoms with van der Waals surface area (Å²) in [5, 5.41) is 18.5. The summed E-state index contributed by atoms with van der Waals surface area (Å²) in [4.78, 5) is 22.6. The van der Waals surface area contributed by atoms with Crippen molar-refractivity contribution in [3.8, 4) is 5.75 Å². The van der Waals surface area contributed by atoms with Crippen LogP contribution in [0.25, 0.3) is 0 Å². The molecule has 0 spiro atoms. The average Bonchev–Trinajstić information content (AvgIpc) is 2.55. The molecule has 0 saturated heterocycles. The van der Waals surface area contributed by atoms with E-state index < -0.39 is 17.9 Å². The van der Waals surface area contributed by atoms with E-state index in [-0.39, 0.29) is 18.8 Å². The van der Waals surface area contributed by atoms with Crippen LogP contribution in [0.15, 0.2) is 54.6 Å². The van der Waals surface area contributed by atoms with Crippen LogP contribution in [0.1, 0.15) is 29.9 Å². The lowest BCUT2D eigenvalue weighted by atomic mass is 9.77. The number of para-hydroxylation sites is 1. The molecule has 0 amide bonds. The van der Waals surface area contributed by atoms with Gasteiger partial charge in [0.25, 0.3) is 0 Å². The first-order valence-electron chi connectivity index (χ1n) is 7.64. The van der Waals surface area contributed by atoms with E-state index in [0.717, 1.165) is 11.1 Å². The molecule has 2 aromatic rings. The van der Waals surface area contributed by atoms with Gasteiger partial charge in [-0.15, -0.1) is 0 Å². The maximum absolute atomic E-state index is 11.3. The van der Waals surface area contributed by atoms with Crippen LogP contribution in [0, 0.1) is 5.92 Å². The van der Waals surface area contributed by atoms with E-state index in [1.54, 1.807) is 13.2 Å². The third-order valence-electron chi connectivity index (χ3n) is 3.98. The largest absolute Gasteiger partial charge is 0.496 e. The minimum atomic E-state index is -1.02. The van der Waals surface area contributed by atoms with E-state index in [9.17, 15) is 19.8 Å². The summed E-state index contributed by atoms with van der Waals surface area (Å²) in [7, 11) is 1.55. The van der Waals surface area contributed by atoms with Gasteiger partial charge in [0, 0.05) is 24.3 Å². The van der Waals surface area contributed by atoms with Gasteiger partial charge in [-0.2, -0.15) is 0 Å². The zero-order valence-electron chi connectivity index (χ0n) is 13.4. The molecule has 0 heterocycles. The van der Waals surface area contributed by atoms with Crippen molar-refractivity contribution in [2.24, 2.45) is 5.92 Å². The number of hydrogen-bond acceptors (Lipinski definition) is 3. The van der Waals surface area contributed by atoms with Gasteiger partial charge in [0.1, 0.15) is 5.75 Å². The molecule has 2 N–H and O–H groups in total. The second kappa shape index (κ2) is 8.15. The Hall–Kier alpha value is -2.82. The molecule has 1 atom stereocenters. The molecule has 5 heteroatoms. The highest BCUT2D eigenvalue weighted by Gasteiger charge is 2.30. The van der Waals surface area contributed by atoms with Gasteiger partial charge in [-0.3, -0.25) is 9.59 Å². The zero-order chi connectivity index (χ0) is 17.5. The van der Waals surface area contributed by atoms with Crippen molar-refractivity contribution >= 4 is 11.9 Å². The predicted molar refractivity (Wildman–Crippen MR) is 89.3 cm³/mol. The van der Waals surface area contributed by atoms with Crippen molar-refractivity contribution in [1.29, 1.82) is 0 Å². The Balaban J connectivity index is 2.56. The summed E-state index contributed by atoms with van der Waals surface area (Å²) in [6.07, 6.45) is -0.464. The number of aliphatic carboxylic acids is 2. The van der Waals surface area contributed by atoms with Crippen molar-refractivity contribution in [2.75, 3.05) is 7.11 Å². The molecule has 2 rings (SSSR count). The summed E-state index contributed by atoms with van der Waals surface area (Å²) < 4.78 is 5.41. The average molecular weight is 328 g/mol. The van der Waals surface area contributed by atoms with Gasteiger partial charge in [0.05, 0.1) is 7.11 Å². The number of carboxylic acids is 2. The second-order valence-electron chi connectivity index (χ2n) is 5.59. The monoisotopic (exact) mass is 328 g/mol. The van der Waals surface area contributed by atoms with Crippen molar-refractivity contribution in [3.63, 3.8) is 0 Å². The first-order chi connectivity index (χ1) is 11.5. The number of methoxy groups -OCH3 is 1. The molecule has 126 valence electrons. The van der Waals surface area contributed by atoms with Gasteiger partial charge in [-0.25, -0.2) is 0 Å². The first-order valence-corrected chi connectivity index (χ1v) is 7.64. The van der Waals surface area contributed by atoms with E-state index in [0.29, 0.717) is 5.75 Å². The van der Waals surface area contributed by atoms with Crippen LogP contribution >= 0.6 is 0 Å². The van der Waals surface area contributed by atoms with Crippen LogP contribution in [-0.4, -0.2) is 29.3 Å². The van der Waals surface area contributed by atoms with E-state index in [4.69, 9.17) is 4.74 Å². The molecule has 2 aromatic carbocycles. The van der Waals surface area contributed by atoms with E-state index in [1.165, 1.54) is 0 Å². The molecular weight excluding hydrogens is 308 g/mol. The van der Waals surface area contributed by atoms with Gasteiger partial charge < -0.3 is 14.9 Å². The fourth-order valence-electron chi connectivity index (χ4n) is 3.05. The number of hydrogen-bond donors (Lipinski definition) is 2. The summed E-state index contributed by atoms with van der Waals surface area (Å²) in [6, 6.07) is 16.7. The summed E-state index contributed by atoms with van der Waals surface area (Å²) >= 11 is 0. The molecule has 0 aliphatic carbocycles. The number of carbonyl (C=O) groups is 2. The maximum Gasteiger partial charge on any atom is 0.303 e. The summed E-state index contributed by atoms with van der Waals surface area (Å²) in [6.45, 7) is 0. The molecule has 0 saturated carbocycles. The molecule has 0 aromatic heterocycles. The van der Waals surface area contributed by atoms with Crippen LogP contribution < -0.4 is 4.74 Å². The predicted octanol–water partition coefficient (Wildman–Crippen LogP) is 3.39. The highest BCUT2D eigenvalue weighted by atomic mass is 16.5. The molecule has 1 unspecified atom stereocenters. The normalized spacial score (nSPS) is 11.9. The van der Waals surface area contributed by atoms with Crippen molar-refractivity contribution < 1.29 is 24.5 Å². The Morgan fingerprint density at radius 1 is 0.917 bits per heavy atom. The lowest BCUT2D eigenvalue weighted by Crippen LogP contribution is -2.21. The Bertz CT molecular complexity index is 680. The smallest absolute Gasteiger partial charge is 0.303 e. The Morgan fingerprint density at radius 3 is 2.00 bits per heavy atom. The Morgan fingerprint density at radius 2 is 1.46 bits per heavy atom. The van der Waals surface area contributed by atoms with Gasteiger partial charge in [-0.1, -0.05) is 48.5 Å². The first kappa shape index (κ1) is 17.5. The molecular formula is C19H20O5.